The van der Waals surface area contributed by atoms with Gasteiger partial charge in [0.2, 0.25) is 0 Å². The van der Waals surface area contributed by atoms with Gasteiger partial charge in [-0.2, -0.15) is 0 Å². The van der Waals surface area contributed by atoms with E-state index < -0.39 is 0 Å². The van der Waals surface area contributed by atoms with Gasteiger partial charge in [0, 0.05) is 58.5 Å². The first kappa shape index (κ1) is 18.0. The molecule has 1 aromatic carbocycles. The Hall–Kier alpha value is -1.79. The lowest BCUT2D eigenvalue weighted by molar-refractivity contribution is 0.190. The van der Waals surface area contributed by atoms with Crippen LogP contribution < -0.4 is 10.2 Å². The van der Waals surface area contributed by atoms with Crippen molar-refractivity contribution in [2.75, 3.05) is 57.8 Å². The molecule has 1 aliphatic heterocycles. The topological polar surface area (TPSA) is 59.1 Å². The summed E-state index contributed by atoms with van der Waals surface area (Å²) in [6.45, 7) is 6.62. The molecule has 3 rings (SSSR count). The van der Waals surface area contributed by atoms with Gasteiger partial charge in [-0.1, -0.05) is 12.1 Å². The Balaban J connectivity index is 1.43. The molecule has 1 heterocycles. The predicted molar refractivity (Wildman–Crippen MR) is 99.8 cm³/mol. The molecule has 0 unspecified atom stereocenters. The molecule has 2 N–H and O–H groups in total. The molecular weight excluding hydrogens is 316 g/mol. The first-order valence-corrected chi connectivity index (χ1v) is 9.32. The van der Waals surface area contributed by atoms with Crippen molar-refractivity contribution in [1.29, 1.82) is 0 Å². The number of anilines is 1. The second-order valence-electron chi connectivity index (χ2n) is 7.20. The lowest BCUT2D eigenvalue weighted by Gasteiger charge is -2.36. The third-order valence-electron chi connectivity index (χ3n) is 5.11. The summed E-state index contributed by atoms with van der Waals surface area (Å²) in [5, 5.41) is 11.7. The molecule has 1 saturated heterocycles. The Labute approximate surface area is 150 Å². The molecule has 1 aliphatic carbocycles. The predicted octanol–water partition coefficient (Wildman–Crippen LogP) is 1.35. The number of carbonyl (C=O) groups excluding carboxylic acids is 1. The van der Waals surface area contributed by atoms with Crippen molar-refractivity contribution in [3.05, 3.63) is 29.8 Å². The minimum atomic E-state index is -0.162. The summed E-state index contributed by atoms with van der Waals surface area (Å²) in [5.41, 5.74) is 2.35. The van der Waals surface area contributed by atoms with Crippen LogP contribution in [0.1, 0.15) is 18.4 Å². The Morgan fingerprint density at radius 2 is 1.88 bits per heavy atom. The van der Waals surface area contributed by atoms with Crippen LogP contribution >= 0.6 is 0 Å². The van der Waals surface area contributed by atoms with E-state index in [0.717, 1.165) is 37.7 Å². The lowest BCUT2D eigenvalue weighted by atomic mass is 10.1. The van der Waals surface area contributed by atoms with Crippen LogP contribution in [0.25, 0.3) is 0 Å². The van der Waals surface area contributed by atoms with Gasteiger partial charge in [0.25, 0.3) is 0 Å². The number of aliphatic hydroxyl groups is 1. The summed E-state index contributed by atoms with van der Waals surface area (Å²) in [6.07, 6.45) is 2.85. The fourth-order valence-corrected chi connectivity index (χ4v) is 3.24. The van der Waals surface area contributed by atoms with Crippen LogP contribution in [0, 0.1) is 5.92 Å². The quantitative estimate of drug-likeness (QED) is 0.783. The fraction of sp³-hybridized carbons (Fsp3) is 0.632. The maximum absolute atomic E-state index is 11.8. The minimum Gasteiger partial charge on any atom is -0.395 e. The molecule has 1 aromatic rings. The first-order valence-electron chi connectivity index (χ1n) is 9.32. The average molecular weight is 346 g/mol. The van der Waals surface area contributed by atoms with Crippen molar-refractivity contribution < 1.29 is 9.90 Å². The molecule has 0 spiro atoms. The second-order valence-corrected chi connectivity index (χ2v) is 7.20. The number of benzene rings is 1. The van der Waals surface area contributed by atoms with Gasteiger partial charge in [0.1, 0.15) is 0 Å². The van der Waals surface area contributed by atoms with Crippen LogP contribution in [0.15, 0.2) is 24.3 Å². The van der Waals surface area contributed by atoms with Crippen molar-refractivity contribution in [2.24, 2.45) is 5.92 Å². The normalized spacial score (nSPS) is 18.2. The number of piperazine rings is 1. The number of aliphatic hydroxyl groups excluding tert-OH is 1. The Morgan fingerprint density at radius 3 is 2.48 bits per heavy atom. The largest absolute Gasteiger partial charge is 0.395 e. The molecule has 2 fully saturated rings. The van der Waals surface area contributed by atoms with Crippen molar-refractivity contribution in [3.63, 3.8) is 0 Å². The molecule has 2 amide bonds. The van der Waals surface area contributed by atoms with E-state index in [1.165, 1.54) is 30.0 Å². The number of likely N-dealkylation sites (N-methyl/N-ethyl adjacent to an activating group) is 1. The van der Waals surface area contributed by atoms with Gasteiger partial charge in [0.05, 0.1) is 6.61 Å². The highest BCUT2D eigenvalue weighted by Crippen LogP contribution is 2.30. The SMILES string of the molecule is CN(CCO)C(=O)NCc1ccc(N2CCN(CC3CC3)CC2)cc1. The monoisotopic (exact) mass is 346 g/mol. The number of nitrogens with one attached hydrogen (secondary N) is 1. The Kier molecular flexibility index (Phi) is 6.15. The van der Waals surface area contributed by atoms with E-state index in [4.69, 9.17) is 5.11 Å². The smallest absolute Gasteiger partial charge is 0.317 e. The number of rotatable bonds is 7. The molecule has 0 aromatic heterocycles. The van der Waals surface area contributed by atoms with Gasteiger partial charge >= 0.3 is 6.03 Å². The second kappa shape index (κ2) is 8.54. The molecule has 6 heteroatoms. The molecule has 0 bridgehead atoms. The van der Waals surface area contributed by atoms with Crippen LogP contribution in [0.4, 0.5) is 10.5 Å². The highest BCUT2D eigenvalue weighted by molar-refractivity contribution is 5.73. The highest BCUT2D eigenvalue weighted by Gasteiger charge is 2.26. The van der Waals surface area contributed by atoms with Crippen molar-refractivity contribution in [1.82, 2.24) is 15.1 Å². The van der Waals surface area contributed by atoms with Gasteiger partial charge < -0.3 is 20.2 Å². The van der Waals surface area contributed by atoms with E-state index in [1.807, 2.05) is 0 Å². The first-order chi connectivity index (χ1) is 12.2. The summed E-state index contributed by atoms with van der Waals surface area (Å²) < 4.78 is 0. The van der Waals surface area contributed by atoms with E-state index in [-0.39, 0.29) is 12.6 Å². The lowest BCUT2D eigenvalue weighted by Crippen LogP contribution is -2.47. The Bertz CT molecular complexity index is 551. The van der Waals surface area contributed by atoms with Crippen molar-refractivity contribution in [3.8, 4) is 0 Å². The maximum atomic E-state index is 11.8. The van der Waals surface area contributed by atoms with E-state index >= 15 is 0 Å². The number of urea groups is 1. The summed E-state index contributed by atoms with van der Waals surface area (Å²) in [4.78, 5) is 18.3. The number of hydrogen-bond donors (Lipinski definition) is 2. The minimum absolute atomic E-state index is 0.0213. The molecule has 25 heavy (non-hydrogen) atoms. The summed E-state index contributed by atoms with van der Waals surface area (Å²) in [6, 6.07) is 8.30. The van der Waals surface area contributed by atoms with Crippen molar-refractivity contribution in [2.45, 2.75) is 19.4 Å². The van der Waals surface area contributed by atoms with Gasteiger partial charge in [-0.15, -0.1) is 0 Å². The summed E-state index contributed by atoms with van der Waals surface area (Å²) in [5.74, 6) is 0.970. The molecule has 6 nitrogen and oxygen atoms in total. The molecule has 1 saturated carbocycles. The third-order valence-corrected chi connectivity index (χ3v) is 5.11. The van der Waals surface area contributed by atoms with Gasteiger partial charge in [-0.05, 0) is 36.5 Å². The molecule has 2 aliphatic rings. The average Bonchev–Trinajstić information content (AvgIpc) is 3.45. The van der Waals surface area contributed by atoms with Gasteiger partial charge in [-0.25, -0.2) is 4.79 Å². The van der Waals surface area contributed by atoms with Crippen LogP contribution in [0.3, 0.4) is 0 Å². The van der Waals surface area contributed by atoms with E-state index in [1.54, 1.807) is 7.05 Å². The van der Waals surface area contributed by atoms with Crippen LogP contribution in [-0.2, 0) is 6.54 Å². The highest BCUT2D eigenvalue weighted by atomic mass is 16.3. The van der Waals surface area contributed by atoms with E-state index in [2.05, 4.69) is 39.4 Å². The third kappa shape index (κ3) is 5.34. The molecular formula is C19H30N4O2. The zero-order valence-corrected chi connectivity index (χ0v) is 15.2. The van der Waals surface area contributed by atoms with Crippen LogP contribution in [0.5, 0.6) is 0 Å². The summed E-state index contributed by atoms with van der Waals surface area (Å²) in [7, 11) is 1.68. The van der Waals surface area contributed by atoms with Gasteiger partial charge in [-0.3, -0.25) is 4.90 Å². The summed E-state index contributed by atoms with van der Waals surface area (Å²) >= 11 is 0. The maximum Gasteiger partial charge on any atom is 0.317 e. The zero-order valence-electron chi connectivity index (χ0n) is 15.2. The standard InChI is InChI=1S/C19H30N4O2/c1-21(12-13-24)19(25)20-14-16-4-6-18(7-5-16)23-10-8-22(9-11-23)15-17-2-3-17/h4-7,17,24H,2-3,8-15H2,1H3,(H,20,25). The fourth-order valence-electron chi connectivity index (χ4n) is 3.24. The molecule has 138 valence electrons. The number of amides is 2. The van der Waals surface area contributed by atoms with Gasteiger partial charge in [0.15, 0.2) is 0 Å². The Morgan fingerprint density at radius 1 is 1.20 bits per heavy atom. The van der Waals surface area contributed by atoms with Crippen LogP contribution in [0.2, 0.25) is 0 Å². The number of carbonyl (C=O) groups is 1. The van der Waals surface area contributed by atoms with Crippen molar-refractivity contribution >= 4 is 11.7 Å². The molecule has 0 radical (unpaired) electrons. The van der Waals surface area contributed by atoms with Crippen LogP contribution in [-0.4, -0.2) is 73.9 Å². The van der Waals surface area contributed by atoms with E-state index in [9.17, 15) is 4.79 Å². The molecule has 0 atom stereocenters. The number of nitrogens with zero attached hydrogens (tertiary/aromatic N) is 3. The van der Waals surface area contributed by atoms with E-state index in [0.29, 0.717) is 13.1 Å². The zero-order chi connectivity index (χ0) is 17.6. The number of hydrogen-bond acceptors (Lipinski definition) is 4.